The Labute approximate surface area is 172 Å². The Morgan fingerprint density at radius 3 is 2.69 bits per heavy atom. The van der Waals surface area contributed by atoms with Crippen LogP contribution in [0.25, 0.3) is 0 Å². The fourth-order valence-electron chi connectivity index (χ4n) is 2.27. The summed E-state index contributed by atoms with van der Waals surface area (Å²) in [5.74, 6) is 2.22. The number of halogens is 1. The molecule has 6 nitrogen and oxygen atoms in total. The van der Waals surface area contributed by atoms with E-state index in [1.165, 1.54) is 0 Å². The fourth-order valence-corrected chi connectivity index (χ4v) is 2.27. The van der Waals surface area contributed by atoms with Crippen molar-refractivity contribution in [3.8, 4) is 11.6 Å². The average molecular weight is 470 g/mol. The lowest BCUT2D eigenvalue weighted by molar-refractivity contribution is 0.222. The first kappa shape index (κ1) is 22.0. The van der Waals surface area contributed by atoms with Crippen molar-refractivity contribution in [2.75, 3.05) is 20.7 Å². The zero-order valence-electron chi connectivity index (χ0n) is 15.7. The van der Waals surface area contributed by atoms with Crippen LogP contribution in [0.15, 0.2) is 47.6 Å². The molecule has 2 N–H and O–H groups in total. The Hall–Kier alpha value is -2.03. The second kappa shape index (κ2) is 11.6. The molecule has 2 rings (SSSR count). The quantitative estimate of drug-likeness (QED) is 0.370. The van der Waals surface area contributed by atoms with Crippen LogP contribution in [-0.2, 0) is 6.54 Å². The molecule has 26 heavy (non-hydrogen) atoms. The maximum atomic E-state index is 5.96. The van der Waals surface area contributed by atoms with Crippen molar-refractivity contribution in [1.29, 1.82) is 0 Å². The van der Waals surface area contributed by atoms with Crippen molar-refractivity contribution >= 4 is 29.9 Å². The standard InChI is InChI=1S/C19H26N4O2.HI/c1-14-7-5-6-8-17(14)25-15(2)12-22-19(20-3)23-13-16-9-10-21-18(11-16)24-4;/h5-11,15H,12-13H2,1-4H3,(H2,20,22,23);1H. The zero-order valence-corrected chi connectivity index (χ0v) is 18.0. The van der Waals surface area contributed by atoms with Crippen molar-refractivity contribution in [2.45, 2.75) is 26.5 Å². The molecule has 0 amide bonds. The minimum absolute atomic E-state index is 0. The number of benzene rings is 1. The highest BCUT2D eigenvalue weighted by molar-refractivity contribution is 14.0. The lowest BCUT2D eigenvalue weighted by Crippen LogP contribution is -2.41. The van der Waals surface area contributed by atoms with E-state index in [2.05, 4.69) is 20.6 Å². The summed E-state index contributed by atoms with van der Waals surface area (Å²) >= 11 is 0. The number of para-hydroxylation sites is 1. The molecule has 0 fully saturated rings. The number of hydrogen-bond donors (Lipinski definition) is 2. The molecule has 0 radical (unpaired) electrons. The largest absolute Gasteiger partial charge is 0.489 e. The number of aromatic nitrogens is 1. The predicted octanol–water partition coefficient (Wildman–Crippen LogP) is 3.15. The molecule has 0 spiro atoms. The van der Waals surface area contributed by atoms with Gasteiger partial charge in [0, 0.05) is 25.9 Å². The number of pyridine rings is 1. The minimum atomic E-state index is 0. The third kappa shape index (κ3) is 7.07. The van der Waals surface area contributed by atoms with Gasteiger partial charge in [-0.25, -0.2) is 4.98 Å². The van der Waals surface area contributed by atoms with Gasteiger partial charge >= 0.3 is 0 Å². The van der Waals surface area contributed by atoms with E-state index >= 15 is 0 Å². The van der Waals surface area contributed by atoms with E-state index in [0.29, 0.717) is 19.0 Å². The molecule has 2 aromatic rings. The molecule has 1 atom stereocenters. The number of methoxy groups -OCH3 is 1. The van der Waals surface area contributed by atoms with Crippen LogP contribution in [0.3, 0.4) is 0 Å². The van der Waals surface area contributed by atoms with Gasteiger partial charge in [0.15, 0.2) is 5.96 Å². The molecule has 7 heteroatoms. The number of hydrogen-bond acceptors (Lipinski definition) is 4. The van der Waals surface area contributed by atoms with Crippen LogP contribution in [0.5, 0.6) is 11.6 Å². The van der Waals surface area contributed by atoms with Crippen LogP contribution in [0.1, 0.15) is 18.1 Å². The van der Waals surface area contributed by atoms with Crippen LogP contribution < -0.4 is 20.1 Å². The molecular weight excluding hydrogens is 443 g/mol. The highest BCUT2D eigenvalue weighted by atomic mass is 127. The number of nitrogens with one attached hydrogen (secondary N) is 2. The highest BCUT2D eigenvalue weighted by Crippen LogP contribution is 2.17. The molecule has 1 heterocycles. The van der Waals surface area contributed by atoms with Crippen LogP contribution >= 0.6 is 24.0 Å². The zero-order chi connectivity index (χ0) is 18.1. The van der Waals surface area contributed by atoms with Gasteiger partial charge in [-0.2, -0.15) is 0 Å². The molecule has 0 bridgehead atoms. The van der Waals surface area contributed by atoms with Crippen molar-refractivity contribution < 1.29 is 9.47 Å². The number of rotatable bonds is 7. The lowest BCUT2D eigenvalue weighted by Gasteiger charge is -2.18. The van der Waals surface area contributed by atoms with Gasteiger partial charge in [-0.3, -0.25) is 4.99 Å². The van der Waals surface area contributed by atoms with E-state index < -0.39 is 0 Å². The number of aliphatic imine (C=N–C) groups is 1. The Kier molecular flexibility index (Phi) is 9.79. The summed E-state index contributed by atoms with van der Waals surface area (Å²) in [5.41, 5.74) is 2.20. The van der Waals surface area contributed by atoms with E-state index in [9.17, 15) is 0 Å². The Bertz CT molecular complexity index is 709. The first-order chi connectivity index (χ1) is 12.1. The number of aryl methyl sites for hydroxylation is 1. The van der Waals surface area contributed by atoms with Gasteiger partial charge in [0.2, 0.25) is 5.88 Å². The summed E-state index contributed by atoms with van der Waals surface area (Å²) in [6, 6.07) is 11.8. The van der Waals surface area contributed by atoms with Crippen molar-refractivity contribution in [3.63, 3.8) is 0 Å². The van der Waals surface area contributed by atoms with Gasteiger partial charge in [0.05, 0.1) is 13.7 Å². The topological polar surface area (TPSA) is 67.8 Å². The second-order valence-corrected chi connectivity index (χ2v) is 5.71. The van der Waals surface area contributed by atoms with E-state index in [-0.39, 0.29) is 30.1 Å². The van der Waals surface area contributed by atoms with Crippen molar-refractivity contribution in [1.82, 2.24) is 15.6 Å². The molecule has 0 aliphatic rings. The van der Waals surface area contributed by atoms with Crippen LogP contribution in [0.4, 0.5) is 0 Å². The summed E-state index contributed by atoms with van der Waals surface area (Å²) in [6.45, 7) is 5.35. The maximum absolute atomic E-state index is 5.96. The smallest absolute Gasteiger partial charge is 0.213 e. The average Bonchev–Trinajstić information content (AvgIpc) is 2.64. The molecule has 0 saturated heterocycles. The Morgan fingerprint density at radius 2 is 2.00 bits per heavy atom. The molecule has 0 aliphatic carbocycles. The van der Waals surface area contributed by atoms with Gasteiger partial charge in [-0.1, -0.05) is 18.2 Å². The summed E-state index contributed by atoms with van der Waals surface area (Å²) in [6.07, 6.45) is 1.74. The van der Waals surface area contributed by atoms with Gasteiger partial charge in [0.1, 0.15) is 11.9 Å². The predicted molar refractivity (Wildman–Crippen MR) is 116 cm³/mol. The van der Waals surface area contributed by atoms with Crippen LogP contribution in [-0.4, -0.2) is 37.7 Å². The molecule has 1 unspecified atom stereocenters. The van der Waals surface area contributed by atoms with E-state index in [0.717, 1.165) is 22.8 Å². The monoisotopic (exact) mass is 470 g/mol. The van der Waals surface area contributed by atoms with Crippen molar-refractivity contribution in [2.24, 2.45) is 4.99 Å². The van der Waals surface area contributed by atoms with Gasteiger partial charge in [-0.05, 0) is 37.1 Å². The van der Waals surface area contributed by atoms with E-state index in [1.807, 2.05) is 50.2 Å². The first-order valence-electron chi connectivity index (χ1n) is 8.28. The maximum Gasteiger partial charge on any atom is 0.213 e. The second-order valence-electron chi connectivity index (χ2n) is 5.71. The normalized spacial score (nSPS) is 11.9. The third-order valence-corrected chi connectivity index (χ3v) is 3.67. The summed E-state index contributed by atoms with van der Waals surface area (Å²) < 4.78 is 11.1. The fraction of sp³-hybridized carbons (Fsp3) is 0.368. The van der Waals surface area contributed by atoms with Gasteiger partial charge in [-0.15, -0.1) is 24.0 Å². The van der Waals surface area contributed by atoms with Crippen LogP contribution in [0, 0.1) is 6.92 Å². The number of guanidine groups is 1. The molecule has 1 aromatic carbocycles. The molecular formula is C19H27IN4O2. The summed E-state index contributed by atoms with van der Waals surface area (Å²) in [4.78, 5) is 8.33. The summed E-state index contributed by atoms with van der Waals surface area (Å²) in [7, 11) is 3.35. The Balaban J connectivity index is 0.00000338. The van der Waals surface area contributed by atoms with Crippen molar-refractivity contribution in [3.05, 3.63) is 53.7 Å². The summed E-state index contributed by atoms with van der Waals surface area (Å²) in [5, 5.41) is 6.54. The SMILES string of the molecule is CN=C(NCc1ccnc(OC)c1)NCC(C)Oc1ccccc1C.I. The molecule has 1 aromatic heterocycles. The lowest BCUT2D eigenvalue weighted by atomic mass is 10.2. The number of nitrogens with zero attached hydrogens (tertiary/aromatic N) is 2. The Morgan fingerprint density at radius 1 is 1.23 bits per heavy atom. The minimum Gasteiger partial charge on any atom is -0.489 e. The van der Waals surface area contributed by atoms with E-state index in [1.54, 1.807) is 20.4 Å². The van der Waals surface area contributed by atoms with E-state index in [4.69, 9.17) is 9.47 Å². The molecule has 0 aliphatic heterocycles. The van der Waals surface area contributed by atoms with Crippen LogP contribution in [0.2, 0.25) is 0 Å². The van der Waals surface area contributed by atoms with Gasteiger partial charge < -0.3 is 20.1 Å². The third-order valence-electron chi connectivity index (χ3n) is 3.67. The number of ether oxygens (including phenoxy) is 2. The molecule has 0 saturated carbocycles. The molecule has 142 valence electrons. The first-order valence-corrected chi connectivity index (χ1v) is 8.28. The highest BCUT2D eigenvalue weighted by Gasteiger charge is 2.07. The van der Waals surface area contributed by atoms with Gasteiger partial charge in [0.25, 0.3) is 0 Å².